The van der Waals surface area contributed by atoms with Crippen molar-refractivity contribution in [3.05, 3.63) is 63.4 Å². The van der Waals surface area contributed by atoms with E-state index in [1.165, 1.54) is 0 Å². The maximum Gasteiger partial charge on any atom is 0.262 e. The molecule has 0 aliphatic carbocycles. The van der Waals surface area contributed by atoms with Gasteiger partial charge in [-0.15, -0.1) is 10.2 Å². The summed E-state index contributed by atoms with van der Waals surface area (Å²) in [7, 11) is 1.65. The maximum absolute atomic E-state index is 12.9. The highest BCUT2D eigenvalue weighted by Crippen LogP contribution is 2.27. The molecule has 0 saturated carbocycles. The first-order valence-electron chi connectivity index (χ1n) is 8.95. The van der Waals surface area contributed by atoms with E-state index in [0.717, 1.165) is 28.4 Å². The Bertz CT molecular complexity index is 1220. The summed E-state index contributed by atoms with van der Waals surface area (Å²) < 4.78 is 8.89. The van der Waals surface area contributed by atoms with E-state index >= 15 is 0 Å². The minimum Gasteiger partial charge on any atom is -0.497 e. The van der Waals surface area contributed by atoms with Crippen LogP contribution in [0.25, 0.3) is 16.7 Å². The van der Waals surface area contributed by atoms with Crippen molar-refractivity contribution in [3.63, 3.8) is 0 Å². The number of aromatic nitrogens is 4. The predicted molar refractivity (Wildman–Crippen MR) is 113 cm³/mol. The number of fused-ring (bicyclic) bond motifs is 3. The molecule has 0 fully saturated rings. The Morgan fingerprint density at radius 1 is 1.18 bits per heavy atom. The Morgan fingerprint density at radius 2 is 2.04 bits per heavy atom. The van der Waals surface area contributed by atoms with Gasteiger partial charge in [0.1, 0.15) is 5.75 Å². The van der Waals surface area contributed by atoms with E-state index in [-0.39, 0.29) is 5.56 Å². The second kappa shape index (κ2) is 7.85. The number of rotatable bonds is 6. The Labute approximate surface area is 171 Å². The second-order valence-electron chi connectivity index (χ2n) is 6.38. The van der Waals surface area contributed by atoms with Crippen molar-refractivity contribution in [1.82, 2.24) is 19.2 Å². The van der Waals surface area contributed by atoms with E-state index in [4.69, 9.17) is 16.3 Å². The quantitative estimate of drug-likeness (QED) is 0.437. The van der Waals surface area contributed by atoms with Crippen LogP contribution in [-0.4, -0.2) is 26.3 Å². The number of hydrogen-bond donors (Lipinski definition) is 0. The Kier molecular flexibility index (Phi) is 5.28. The van der Waals surface area contributed by atoms with E-state index in [2.05, 4.69) is 10.2 Å². The average molecular weight is 415 g/mol. The number of thioether (sulfide) groups is 1. The van der Waals surface area contributed by atoms with Crippen LogP contribution in [0.5, 0.6) is 5.75 Å². The third-order valence-electron chi connectivity index (χ3n) is 4.48. The van der Waals surface area contributed by atoms with Crippen molar-refractivity contribution in [2.24, 2.45) is 0 Å². The lowest BCUT2D eigenvalue weighted by Crippen LogP contribution is -2.23. The second-order valence-corrected chi connectivity index (χ2v) is 7.76. The standard InChI is InChI=1S/C20H19ClN4O2S/c1-3-9-24-18(26)16-8-7-14(21)11-17(16)25-19(24)22-23-20(25)28-12-13-5-4-6-15(10-13)27-2/h4-8,10-11H,3,9,12H2,1-2H3. The van der Waals surface area contributed by atoms with Gasteiger partial charge in [0, 0.05) is 17.3 Å². The van der Waals surface area contributed by atoms with Gasteiger partial charge < -0.3 is 4.74 Å². The zero-order valence-electron chi connectivity index (χ0n) is 15.6. The lowest BCUT2D eigenvalue weighted by atomic mass is 10.2. The Morgan fingerprint density at radius 3 is 2.82 bits per heavy atom. The first-order valence-corrected chi connectivity index (χ1v) is 10.3. The molecule has 2 aromatic heterocycles. The lowest BCUT2D eigenvalue weighted by Gasteiger charge is -2.11. The highest BCUT2D eigenvalue weighted by molar-refractivity contribution is 7.98. The predicted octanol–water partition coefficient (Wildman–Crippen LogP) is 4.41. The molecule has 8 heteroatoms. The molecule has 0 radical (unpaired) electrons. The Hall–Kier alpha value is -2.51. The fraction of sp³-hybridized carbons (Fsp3) is 0.250. The van der Waals surface area contributed by atoms with E-state index in [1.54, 1.807) is 41.6 Å². The van der Waals surface area contributed by atoms with E-state index in [0.29, 0.717) is 28.5 Å². The third-order valence-corrected chi connectivity index (χ3v) is 5.72. The summed E-state index contributed by atoms with van der Waals surface area (Å²) in [6, 6.07) is 13.2. The van der Waals surface area contributed by atoms with Gasteiger partial charge in [-0.3, -0.25) is 13.8 Å². The summed E-state index contributed by atoms with van der Waals surface area (Å²) in [6.45, 7) is 2.61. The number of aryl methyl sites for hydroxylation is 1. The van der Waals surface area contributed by atoms with Crippen LogP contribution in [0, 0.1) is 0 Å². The molecule has 4 rings (SSSR count). The molecule has 0 aliphatic heterocycles. The summed E-state index contributed by atoms with van der Waals surface area (Å²) in [5.41, 5.74) is 1.76. The molecule has 0 aliphatic rings. The zero-order valence-corrected chi connectivity index (χ0v) is 17.1. The summed E-state index contributed by atoms with van der Waals surface area (Å²) in [5, 5.41) is 10.6. The number of hydrogen-bond acceptors (Lipinski definition) is 5. The molecule has 0 unspecified atom stereocenters. The van der Waals surface area contributed by atoms with Crippen LogP contribution >= 0.6 is 23.4 Å². The van der Waals surface area contributed by atoms with Crippen LogP contribution in [0.3, 0.4) is 0 Å². The van der Waals surface area contributed by atoms with Gasteiger partial charge in [-0.05, 0) is 42.3 Å². The average Bonchev–Trinajstić information content (AvgIpc) is 3.13. The molecule has 2 aromatic carbocycles. The van der Waals surface area contributed by atoms with Gasteiger partial charge in [0.2, 0.25) is 5.78 Å². The van der Waals surface area contributed by atoms with E-state index in [1.807, 2.05) is 35.6 Å². The zero-order chi connectivity index (χ0) is 19.7. The molecule has 0 saturated heterocycles. The van der Waals surface area contributed by atoms with Crippen LogP contribution < -0.4 is 10.3 Å². The summed E-state index contributed by atoms with van der Waals surface area (Å²) in [5.74, 6) is 2.06. The fourth-order valence-electron chi connectivity index (χ4n) is 3.18. The number of halogens is 1. The van der Waals surface area contributed by atoms with Crippen molar-refractivity contribution in [3.8, 4) is 5.75 Å². The fourth-order valence-corrected chi connectivity index (χ4v) is 4.23. The van der Waals surface area contributed by atoms with Crippen LogP contribution in [0.4, 0.5) is 0 Å². The molecule has 4 aromatic rings. The topological polar surface area (TPSA) is 61.4 Å². The van der Waals surface area contributed by atoms with Gasteiger partial charge in [0.15, 0.2) is 5.16 Å². The third kappa shape index (κ3) is 3.36. The van der Waals surface area contributed by atoms with Gasteiger partial charge in [-0.2, -0.15) is 0 Å². The molecular weight excluding hydrogens is 396 g/mol. The smallest absolute Gasteiger partial charge is 0.262 e. The highest BCUT2D eigenvalue weighted by atomic mass is 35.5. The molecule has 0 amide bonds. The summed E-state index contributed by atoms with van der Waals surface area (Å²) in [4.78, 5) is 12.9. The van der Waals surface area contributed by atoms with Crippen molar-refractivity contribution < 1.29 is 4.74 Å². The van der Waals surface area contributed by atoms with Gasteiger partial charge in [0.05, 0.1) is 18.0 Å². The summed E-state index contributed by atoms with van der Waals surface area (Å²) in [6.07, 6.45) is 0.827. The van der Waals surface area contributed by atoms with Crippen molar-refractivity contribution in [2.75, 3.05) is 7.11 Å². The molecule has 144 valence electrons. The van der Waals surface area contributed by atoms with Crippen LogP contribution in [0.1, 0.15) is 18.9 Å². The molecule has 28 heavy (non-hydrogen) atoms. The van der Waals surface area contributed by atoms with Gasteiger partial charge in [0.25, 0.3) is 5.56 Å². The SMILES string of the molecule is CCCn1c(=O)c2ccc(Cl)cc2n2c(SCc3cccc(OC)c3)nnc12. The highest BCUT2D eigenvalue weighted by Gasteiger charge is 2.17. The lowest BCUT2D eigenvalue weighted by molar-refractivity contribution is 0.414. The van der Waals surface area contributed by atoms with E-state index < -0.39 is 0 Å². The molecule has 0 spiro atoms. The first-order chi connectivity index (χ1) is 13.6. The number of nitrogens with zero attached hydrogens (tertiary/aromatic N) is 4. The van der Waals surface area contributed by atoms with Crippen molar-refractivity contribution in [1.29, 1.82) is 0 Å². The largest absolute Gasteiger partial charge is 0.497 e. The van der Waals surface area contributed by atoms with Gasteiger partial charge in [-0.25, -0.2) is 0 Å². The molecule has 0 bridgehead atoms. The van der Waals surface area contributed by atoms with E-state index in [9.17, 15) is 4.79 Å². The molecule has 0 atom stereocenters. The number of benzene rings is 2. The molecule has 6 nitrogen and oxygen atoms in total. The van der Waals surface area contributed by atoms with Gasteiger partial charge in [-0.1, -0.05) is 42.4 Å². The number of ether oxygens (including phenoxy) is 1. The normalized spacial score (nSPS) is 11.4. The van der Waals surface area contributed by atoms with Gasteiger partial charge >= 0.3 is 0 Å². The van der Waals surface area contributed by atoms with Crippen LogP contribution in [0.15, 0.2) is 52.4 Å². The maximum atomic E-state index is 12.9. The first kappa shape index (κ1) is 18.8. The minimum absolute atomic E-state index is 0.0715. The summed E-state index contributed by atoms with van der Waals surface area (Å²) >= 11 is 7.77. The molecule has 0 N–H and O–H groups in total. The minimum atomic E-state index is -0.0715. The van der Waals surface area contributed by atoms with Crippen molar-refractivity contribution in [2.45, 2.75) is 30.8 Å². The van der Waals surface area contributed by atoms with Crippen molar-refractivity contribution >= 4 is 40.0 Å². The van der Waals surface area contributed by atoms with Crippen LogP contribution in [0.2, 0.25) is 5.02 Å². The molecular formula is C20H19ClN4O2S. The Balaban J connectivity index is 1.84. The number of methoxy groups -OCH3 is 1. The molecule has 2 heterocycles. The van der Waals surface area contributed by atoms with Crippen LogP contribution in [-0.2, 0) is 12.3 Å². The monoisotopic (exact) mass is 414 g/mol.